The van der Waals surface area contributed by atoms with Gasteiger partial charge in [0.25, 0.3) is 0 Å². The number of carbonyl (C=O) groups is 1. The maximum atomic E-state index is 12.9. The second-order valence-electron chi connectivity index (χ2n) is 8.07. The lowest BCUT2D eigenvalue weighted by atomic mass is 9.54. The molecule has 1 saturated carbocycles. The van der Waals surface area contributed by atoms with Gasteiger partial charge in [-0.05, 0) is 24.6 Å². The van der Waals surface area contributed by atoms with Crippen molar-refractivity contribution >= 4 is 22.6 Å². The van der Waals surface area contributed by atoms with Crippen molar-refractivity contribution in [2.45, 2.75) is 45.4 Å². The van der Waals surface area contributed by atoms with Gasteiger partial charge in [-0.15, -0.1) is 0 Å². The van der Waals surface area contributed by atoms with E-state index in [1.807, 2.05) is 70.1 Å². The molecule has 2 unspecified atom stereocenters. The maximum Gasteiger partial charge on any atom is 0.241 e. The van der Waals surface area contributed by atoms with Crippen molar-refractivity contribution in [3.8, 4) is 0 Å². The third-order valence-electron chi connectivity index (χ3n) is 5.92. The van der Waals surface area contributed by atoms with Crippen LogP contribution in [0.4, 0.5) is 5.82 Å². The van der Waals surface area contributed by atoms with Crippen molar-refractivity contribution in [1.82, 2.24) is 10.3 Å². The van der Waals surface area contributed by atoms with Crippen molar-refractivity contribution in [3.05, 3.63) is 35.9 Å². The van der Waals surface area contributed by atoms with E-state index in [2.05, 4.69) is 10.3 Å². The highest BCUT2D eigenvalue weighted by Gasteiger charge is 2.62. The van der Waals surface area contributed by atoms with E-state index < -0.39 is 11.0 Å². The predicted octanol–water partition coefficient (Wildman–Crippen LogP) is 2.45. The molecule has 1 fully saturated rings. The molecule has 1 aliphatic rings. The zero-order chi connectivity index (χ0) is 19.8. The molecule has 1 aromatic carbocycles. The molecule has 3 N–H and O–H groups in total. The number of rotatable bonds is 6. The quantitative estimate of drug-likeness (QED) is 0.816. The number of pyridine rings is 1. The minimum atomic E-state index is -0.917. The minimum absolute atomic E-state index is 0.0142. The molecule has 6 nitrogen and oxygen atoms in total. The Kier molecular flexibility index (Phi) is 5.14. The Labute approximate surface area is 161 Å². The zero-order valence-corrected chi connectivity index (χ0v) is 16.9. The number of nitrogens with two attached hydrogens (primary N) is 1. The lowest BCUT2D eigenvalue weighted by molar-refractivity contribution is -0.170. The molecule has 6 heteroatoms. The van der Waals surface area contributed by atoms with Gasteiger partial charge in [-0.25, -0.2) is 4.98 Å². The van der Waals surface area contributed by atoms with E-state index in [0.29, 0.717) is 19.6 Å². The van der Waals surface area contributed by atoms with Crippen LogP contribution < -0.4 is 16.0 Å². The summed E-state index contributed by atoms with van der Waals surface area (Å²) in [5.41, 5.74) is 7.11. The summed E-state index contributed by atoms with van der Waals surface area (Å²) in [4.78, 5) is 19.5. The largest absolute Gasteiger partial charge is 0.378 e. The summed E-state index contributed by atoms with van der Waals surface area (Å²) < 4.78 is 5.73. The first-order valence-corrected chi connectivity index (χ1v) is 9.45. The first kappa shape index (κ1) is 19.6. The number of para-hydroxylation sites is 1. The summed E-state index contributed by atoms with van der Waals surface area (Å²) in [7, 11) is 3.91. The normalized spacial score (nSPS) is 23.7. The zero-order valence-electron chi connectivity index (χ0n) is 16.9. The topological polar surface area (TPSA) is 80.5 Å². The number of benzene rings is 1. The third-order valence-corrected chi connectivity index (χ3v) is 5.92. The highest BCUT2D eigenvalue weighted by molar-refractivity contribution is 5.90. The SMILES string of the molecule is CCOC1CC(N)(C(=O)NCc2cc(N(C)C)nc3ccccc23)C1(C)C. The number of anilines is 1. The fourth-order valence-corrected chi connectivity index (χ4v) is 3.76. The lowest BCUT2D eigenvalue weighted by Crippen LogP contribution is -2.75. The van der Waals surface area contributed by atoms with Crippen molar-refractivity contribution < 1.29 is 9.53 Å². The molecule has 0 bridgehead atoms. The van der Waals surface area contributed by atoms with Gasteiger partial charge in [-0.2, -0.15) is 0 Å². The Morgan fingerprint density at radius 1 is 1.37 bits per heavy atom. The van der Waals surface area contributed by atoms with Crippen molar-refractivity contribution in [1.29, 1.82) is 0 Å². The van der Waals surface area contributed by atoms with Crippen LogP contribution in [-0.2, 0) is 16.1 Å². The highest BCUT2D eigenvalue weighted by atomic mass is 16.5. The molecule has 2 atom stereocenters. The van der Waals surface area contributed by atoms with E-state index in [1.165, 1.54) is 0 Å². The van der Waals surface area contributed by atoms with Gasteiger partial charge in [0.15, 0.2) is 0 Å². The average molecular weight is 370 g/mol. The van der Waals surface area contributed by atoms with Crippen LogP contribution in [0.3, 0.4) is 0 Å². The summed E-state index contributed by atoms with van der Waals surface area (Å²) in [6.07, 6.45) is 0.556. The second kappa shape index (κ2) is 7.09. The molecule has 27 heavy (non-hydrogen) atoms. The number of ether oxygens (including phenoxy) is 1. The van der Waals surface area contributed by atoms with Gasteiger partial charge < -0.3 is 20.7 Å². The molecule has 2 aromatic rings. The maximum absolute atomic E-state index is 12.9. The van der Waals surface area contributed by atoms with E-state index in [0.717, 1.165) is 22.3 Å². The molecule has 0 radical (unpaired) electrons. The van der Waals surface area contributed by atoms with Gasteiger partial charge in [0, 0.05) is 44.5 Å². The van der Waals surface area contributed by atoms with Crippen LogP contribution in [0, 0.1) is 5.41 Å². The molecule has 3 rings (SSSR count). The monoisotopic (exact) mass is 370 g/mol. The Bertz CT molecular complexity index is 849. The number of carbonyl (C=O) groups excluding carboxylic acids is 1. The molecule has 0 aliphatic heterocycles. The summed E-state index contributed by atoms with van der Waals surface area (Å²) in [5, 5.41) is 4.09. The number of amides is 1. The van der Waals surface area contributed by atoms with Crippen LogP contribution in [0.2, 0.25) is 0 Å². The van der Waals surface area contributed by atoms with Gasteiger partial charge in [0.2, 0.25) is 5.91 Å². The van der Waals surface area contributed by atoms with E-state index in [1.54, 1.807) is 0 Å². The second-order valence-corrected chi connectivity index (χ2v) is 8.07. The molecule has 0 spiro atoms. The first-order chi connectivity index (χ1) is 12.7. The summed E-state index contributed by atoms with van der Waals surface area (Å²) in [6, 6.07) is 9.98. The van der Waals surface area contributed by atoms with Crippen molar-refractivity contribution in [3.63, 3.8) is 0 Å². The Balaban J connectivity index is 1.80. The molecule has 1 amide bonds. The fourth-order valence-electron chi connectivity index (χ4n) is 3.76. The molecule has 1 aromatic heterocycles. The first-order valence-electron chi connectivity index (χ1n) is 9.45. The molecular weight excluding hydrogens is 340 g/mol. The fraction of sp³-hybridized carbons (Fsp3) is 0.524. The van der Waals surface area contributed by atoms with E-state index in [4.69, 9.17) is 10.5 Å². The van der Waals surface area contributed by atoms with Crippen molar-refractivity contribution in [2.75, 3.05) is 25.6 Å². The Hall–Kier alpha value is -2.18. The number of fused-ring (bicyclic) bond motifs is 1. The molecule has 0 saturated heterocycles. The highest BCUT2D eigenvalue weighted by Crippen LogP contribution is 2.49. The number of hydrogen-bond acceptors (Lipinski definition) is 5. The molecule has 1 aliphatic carbocycles. The molecule has 146 valence electrons. The van der Waals surface area contributed by atoms with Crippen LogP contribution in [0.5, 0.6) is 0 Å². The number of nitrogens with one attached hydrogen (secondary N) is 1. The van der Waals surface area contributed by atoms with E-state index in [-0.39, 0.29) is 12.0 Å². The third kappa shape index (κ3) is 3.28. The lowest BCUT2D eigenvalue weighted by Gasteiger charge is -2.57. The van der Waals surface area contributed by atoms with E-state index in [9.17, 15) is 4.79 Å². The van der Waals surface area contributed by atoms with Gasteiger partial charge in [-0.3, -0.25) is 4.79 Å². The van der Waals surface area contributed by atoms with Crippen LogP contribution in [0.1, 0.15) is 32.8 Å². The van der Waals surface area contributed by atoms with Crippen LogP contribution in [-0.4, -0.2) is 43.2 Å². The van der Waals surface area contributed by atoms with Gasteiger partial charge in [-0.1, -0.05) is 32.0 Å². The van der Waals surface area contributed by atoms with Gasteiger partial charge in [0.05, 0.1) is 11.6 Å². The summed E-state index contributed by atoms with van der Waals surface area (Å²) in [6.45, 7) is 7.01. The van der Waals surface area contributed by atoms with Crippen LogP contribution in [0.25, 0.3) is 10.9 Å². The summed E-state index contributed by atoms with van der Waals surface area (Å²) in [5.74, 6) is 0.733. The van der Waals surface area contributed by atoms with Gasteiger partial charge in [0.1, 0.15) is 11.4 Å². The smallest absolute Gasteiger partial charge is 0.241 e. The Morgan fingerprint density at radius 2 is 2.07 bits per heavy atom. The molecule has 1 heterocycles. The van der Waals surface area contributed by atoms with Crippen LogP contribution >= 0.6 is 0 Å². The number of hydrogen-bond donors (Lipinski definition) is 2. The predicted molar refractivity (Wildman–Crippen MR) is 109 cm³/mol. The standard InChI is InChI=1S/C21H30N4O2/c1-6-27-17-12-21(22,20(17,2)3)19(26)23-13-14-11-18(25(4)5)24-16-10-8-7-9-15(14)16/h7-11,17H,6,12-13,22H2,1-5H3,(H,23,26). The molecular formula is C21H30N4O2. The minimum Gasteiger partial charge on any atom is -0.378 e. The average Bonchev–Trinajstić information content (AvgIpc) is 2.65. The van der Waals surface area contributed by atoms with E-state index >= 15 is 0 Å². The van der Waals surface area contributed by atoms with Crippen molar-refractivity contribution in [2.24, 2.45) is 11.1 Å². The van der Waals surface area contributed by atoms with Crippen LogP contribution in [0.15, 0.2) is 30.3 Å². The Morgan fingerprint density at radius 3 is 2.70 bits per heavy atom. The van der Waals surface area contributed by atoms with Gasteiger partial charge >= 0.3 is 0 Å². The number of aromatic nitrogens is 1. The summed E-state index contributed by atoms with van der Waals surface area (Å²) >= 11 is 0. The number of nitrogens with zero attached hydrogens (tertiary/aromatic N) is 2.